The van der Waals surface area contributed by atoms with Crippen LogP contribution in [0.4, 0.5) is 11.4 Å². The van der Waals surface area contributed by atoms with E-state index in [9.17, 15) is 9.59 Å². The molecule has 7 heteroatoms. The summed E-state index contributed by atoms with van der Waals surface area (Å²) in [6, 6.07) is 4.91. The molecule has 1 aromatic rings. The third-order valence-electron chi connectivity index (χ3n) is 3.31. The Labute approximate surface area is 122 Å². The van der Waals surface area contributed by atoms with E-state index in [1.807, 2.05) is 4.90 Å². The van der Waals surface area contributed by atoms with Gasteiger partial charge in [0.25, 0.3) is 0 Å². The number of nitrogen functional groups attached to an aromatic ring is 1. The fourth-order valence-corrected chi connectivity index (χ4v) is 2.47. The number of benzene rings is 1. The number of nitrogens with two attached hydrogens (primary N) is 2. The zero-order valence-corrected chi connectivity index (χ0v) is 11.7. The number of nitrogens with zero attached hydrogens (tertiary/aromatic N) is 1. The minimum absolute atomic E-state index is 0.164. The Morgan fingerprint density at radius 1 is 1.45 bits per heavy atom. The molecule has 1 unspecified atom stereocenters. The van der Waals surface area contributed by atoms with Crippen molar-refractivity contribution in [2.24, 2.45) is 11.7 Å². The van der Waals surface area contributed by atoms with E-state index in [2.05, 4.69) is 5.32 Å². The SMILES string of the molecule is NC(=O)C1CCN(CC(=O)Nc2ccc(N)cc2Cl)C1. The first kappa shape index (κ1) is 14.6. The molecule has 108 valence electrons. The van der Waals surface area contributed by atoms with Crippen molar-refractivity contribution >= 4 is 34.8 Å². The molecule has 0 aliphatic carbocycles. The summed E-state index contributed by atoms with van der Waals surface area (Å²) in [6.07, 6.45) is 0.700. The van der Waals surface area contributed by atoms with Gasteiger partial charge in [0.2, 0.25) is 11.8 Å². The van der Waals surface area contributed by atoms with Gasteiger partial charge in [-0.1, -0.05) is 11.6 Å². The second-order valence-electron chi connectivity index (χ2n) is 4.91. The lowest BCUT2D eigenvalue weighted by Crippen LogP contribution is -2.33. The van der Waals surface area contributed by atoms with Crippen LogP contribution in [0.3, 0.4) is 0 Å². The van der Waals surface area contributed by atoms with Crippen LogP contribution in [0, 0.1) is 5.92 Å². The van der Waals surface area contributed by atoms with Crippen LogP contribution in [0.15, 0.2) is 18.2 Å². The van der Waals surface area contributed by atoms with Crippen molar-refractivity contribution in [1.82, 2.24) is 4.90 Å². The van der Waals surface area contributed by atoms with Crippen molar-refractivity contribution in [3.8, 4) is 0 Å². The maximum atomic E-state index is 11.9. The first-order valence-electron chi connectivity index (χ1n) is 6.32. The highest BCUT2D eigenvalue weighted by atomic mass is 35.5. The van der Waals surface area contributed by atoms with Crippen molar-refractivity contribution in [2.45, 2.75) is 6.42 Å². The molecular formula is C13H17ClN4O2. The summed E-state index contributed by atoms with van der Waals surface area (Å²) in [4.78, 5) is 24.9. The van der Waals surface area contributed by atoms with E-state index in [1.165, 1.54) is 0 Å². The van der Waals surface area contributed by atoms with Crippen LogP contribution in [0.25, 0.3) is 0 Å². The first-order valence-corrected chi connectivity index (χ1v) is 6.70. The molecule has 0 radical (unpaired) electrons. The van der Waals surface area contributed by atoms with Crippen LogP contribution in [0.5, 0.6) is 0 Å². The lowest BCUT2D eigenvalue weighted by atomic mass is 10.1. The van der Waals surface area contributed by atoms with Gasteiger partial charge in [0.1, 0.15) is 0 Å². The summed E-state index contributed by atoms with van der Waals surface area (Å²) < 4.78 is 0. The topological polar surface area (TPSA) is 101 Å². The Balaban J connectivity index is 1.88. The van der Waals surface area contributed by atoms with Gasteiger partial charge in [0.15, 0.2) is 0 Å². The molecule has 1 heterocycles. The summed E-state index contributed by atoms with van der Waals surface area (Å²) in [6.45, 7) is 1.43. The van der Waals surface area contributed by atoms with Gasteiger partial charge >= 0.3 is 0 Å². The number of primary amides is 1. The molecule has 5 N–H and O–H groups in total. The maximum Gasteiger partial charge on any atom is 0.238 e. The average Bonchev–Trinajstić information content (AvgIpc) is 2.81. The zero-order chi connectivity index (χ0) is 14.7. The summed E-state index contributed by atoms with van der Waals surface area (Å²) >= 11 is 5.99. The average molecular weight is 297 g/mol. The molecule has 1 aliphatic heterocycles. The van der Waals surface area contributed by atoms with E-state index in [4.69, 9.17) is 23.1 Å². The van der Waals surface area contributed by atoms with E-state index < -0.39 is 0 Å². The van der Waals surface area contributed by atoms with Gasteiger partial charge in [-0.2, -0.15) is 0 Å². The third-order valence-corrected chi connectivity index (χ3v) is 3.62. The lowest BCUT2D eigenvalue weighted by molar-refractivity contribution is -0.122. The Kier molecular flexibility index (Phi) is 4.46. The molecular weight excluding hydrogens is 280 g/mol. The maximum absolute atomic E-state index is 11.9. The lowest BCUT2D eigenvalue weighted by Gasteiger charge is -2.15. The molecule has 2 amide bonds. The molecule has 2 rings (SSSR count). The molecule has 1 atom stereocenters. The minimum Gasteiger partial charge on any atom is -0.399 e. The van der Waals surface area contributed by atoms with Gasteiger partial charge < -0.3 is 16.8 Å². The highest BCUT2D eigenvalue weighted by Gasteiger charge is 2.27. The number of anilines is 2. The van der Waals surface area contributed by atoms with E-state index >= 15 is 0 Å². The molecule has 0 aromatic heterocycles. The van der Waals surface area contributed by atoms with Gasteiger partial charge in [-0.3, -0.25) is 14.5 Å². The predicted octanol–water partition coefficient (Wildman–Crippen LogP) is 0.668. The second kappa shape index (κ2) is 6.11. The standard InChI is InChI=1S/C13H17ClN4O2/c14-10-5-9(15)1-2-11(10)17-12(19)7-18-4-3-8(6-18)13(16)20/h1-2,5,8H,3-4,6-7,15H2,(H2,16,20)(H,17,19). The number of hydrogen-bond donors (Lipinski definition) is 3. The molecule has 6 nitrogen and oxygen atoms in total. The summed E-state index contributed by atoms with van der Waals surface area (Å²) in [7, 11) is 0. The first-order chi connectivity index (χ1) is 9.45. The van der Waals surface area contributed by atoms with E-state index in [1.54, 1.807) is 18.2 Å². The van der Waals surface area contributed by atoms with Gasteiger partial charge in [-0.05, 0) is 31.2 Å². The normalized spacial score (nSPS) is 18.9. The Morgan fingerprint density at radius 3 is 2.80 bits per heavy atom. The number of halogens is 1. The van der Waals surface area contributed by atoms with Gasteiger partial charge in [0, 0.05) is 12.2 Å². The molecule has 1 fully saturated rings. The monoisotopic (exact) mass is 296 g/mol. The Morgan fingerprint density at radius 2 is 2.20 bits per heavy atom. The zero-order valence-electron chi connectivity index (χ0n) is 10.9. The summed E-state index contributed by atoms with van der Waals surface area (Å²) in [5, 5.41) is 3.12. The van der Waals surface area contributed by atoms with Crippen LogP contribution in [-0.4, -0.2) is 36.3 Å². The van der Waals surface area contributed by atoms with Crippen LogP contribution < -0.4 is 16.8 Å². The summed E-state index contributed by atoms with van der Waals surface area (Å²) in [5.41, 5.74) is 11.9. The highest BCUT2D eigenvalue weighted by molar-refractivity contribution is 6.34. The van der Waals surface area contributed by atoms with Gasteiger partial charge in [0.05, 0.1) is 23.2 Å². The van der Waals surface area contributed by atoms with Crippen LogP contribution in [-0.2, 0) is 9.59 Å². The molecule has 0 saturated carbocycles. The van der Waals surface area contributed by atoms with Crippen molar-refractivity contribution in [2.75, 3.05) is 30.7 Å². The minimum atomic E-state index is -0.311. The van der Waals surface area contributed by atoms with Gasteiger partial charge in [-0.25, -0.2) is 0 Å². The number of likely N-dealkylation sites (tertiary alicyclic amines) is 1. The number of rotatable bonds is 4. The van der Waals surface area contributed by atoms with Crippen molar-refractivity contribution in [1.29, 1.82) is 0 Å². The number of carbonyl (C=O) groups excluding carboxylic acids is 2. The molecule has 1 aromatic carbocycles. The molecule has 20 heavy (non-hydrogen) atoms. The molecule has 0 bridgehead atoms. The van der Waals surface area contributed by atoms with E-state index in [0.717, 1.165) is 0 Å². The number of nitrogens with one attached hydrogen (secondary N) is 1. The number of amides is 2. The molecule has 1 saturated heterocycles. The fourth-order valence-electron chi connectivity index (χ4n) is 2.23. The van der Waals surface area contributed by atoms with Crippen LogP contribution >= 0.6 is 11.6 Å². The Hall–Kier alpha value is -1.79. The second-order valence-corrected chi connectivity index (χ2v) is 5.32. The van der Waals surface area contributed by atoms with Crippen LogP contribution in [0.2, 0.25) is 5.02 Å². The van der Waals surface area contributed by atoms with Gasteiger partial charge in [-0.15, -0.1) is 0 Å². The van der Waals surface area contributed by atoms with E-state index in [-0.39, 0.29) is 24.3 Å². The predicted molar refractivity (Wildman–Crippen MR) is 78.2 cm³/mol. The van der Waals surface area contributed by atoms with Crippen molar-refractivity contribution < 1.29 is 9.59 Å². The highest BCUT2D eigenvalue weighted by Crippen LogP contribution is 2.24. The van der Waals surface area contributed by atoms with Crippen molar-refractivity contribution in [3.63, 3.8) is 0 Å². The number of carbonyl (C=O) groups is 2. The quantitative estimate of drug-likeness (QED) is 0.711. The van der Waals surface area contributed by atoms with Crippen molar-refractivity contribution in [3.05, 3.63) is 23.2 Å². The molecule has 1 aliphatic rings. The fraction of sp³-hybridized carbons (Fsp3) is 0.385. The number of hydrogen-bond acceptors (Lipinski definition) is 4. The van der Waals surface area contributed by atoms with E-state index in [0.29, 0.717) is 35.9 Å². The largest absolute Gasteiger partial charge is 0.399 e. The Bertz CT molecular complexity index is 535. The third kappa shape index (κ3) is 3.61. The van der Waals surface area contributed by atoms with Crippen LogP contribution in [0.1, 0.15) is 6.42 Å². The summed E-state index contributed by atoms with van der Waals surface area (Å²) in [5.74, 6) is -0.654. The molecule has 0 spiro atoms. The smallest absolute Gasteiger partial charge is 0.238 e.